The molecule has 2 heterocycles. The van der Waals surface area contributed by atoms with Crippen LogP contribution in [0.3, 0.4) is 0 Å². The van der Waals surface area contributed by atoms with E-state index in [2.05, 4.69) is 4.98 Å². The molecule has 0 radical (unpaired) electrons. The van der Waals surface area contributed by atoms with Crippen molar-refractivity contribution in [3.8, 4) is 0 Å². The number of nitrogens with zero attached hydrogens (tertiary/aromatic N) is 2. The lowest BCUT2D eigenvalue weighted by Crippen LogP contribution is -2.36. The molecule has 0 N–H and O–H groups in total. The van der Waals surface area contributed by atoms with Gasteiger partial charge < -0.3 is 4.90 Å². The Kier molecular flexibility index (Phi) is 2.74. The van der Waals surface area contributed by atoms with Gasteiger partial charge in [0.2, 0.25) is 0 Å². The first-order chi connectivity index (χ1) is 8.25. The van der Waals surface area contributed by atoms with Gasteiger partial charge in [-0.15, -0.1) is 11.3 Å². The van der Waals surface area contributed by atoms with Crippen LogP contribution in [-0.4, -0.2) is 28.9 Å². The van der Waals surface area contributed by atoms with Crippen LogP contribution in [0, 0.1) is 6.92 Å². The van der Waals surface area contributed by atoms with Crippen molar-refractivity contribution in [1.29, 1.82) is 0 Å². The quantitative estimate of drug-likeness (QED) is 0.716. The molecule has 90 valence electrons. The second-order valence-electron chi connectivity index (χ2n) is 4.77. The normalized spacial score (nSPS) is 19.7. The van der Waals surface area contributed by atoms with E-state index in [-0.39, 0.29) is 5.91 Å². The van der Waals surface area contributed by atoms with Crippen molar-refractivity contribution in [3.05, 3.63) is 27.2 Å². The Bertz CT molecular complexity index is 473. The van der Waals surface area contributed by atoms with Gasteiger partial charge in [0.1, 0.15) is 4.88 Å². The summed E-state index contributed by atoms with van der Waals surface area (Å²) in [5.74, 6) is 0.171. The van der Waals surface area contributed by atoms with Gasteiger partial charge in [0.05, 0.1) is 11.2 Å². The molecule has 0 atom stereocenters. The van der Waals surface area contributed by atoms with Gasteiger partial charge in [0, 0.05) is 13.1 Å². The third-order valence-corrected chi connectivity index (χ3v) is 4.51. The van der Waals surface area contributed by atoms with E-state index >= 15 is 0 Å². The van der Waals surface area contributed by atoms with Crippen LogP contribution in [0.4, 0.5) is 0 Å². The summed E-state index contributed by atoms with van der Waals surface area (Å²) >= 11 is 1.46. The number of aryl methyl sites for hydroxylation is 1. The zero-order valence-electron chi connectivity index (χ0n) is 10.0. The number of thiazole rings is 1. The lowest BCUT2D eigenvalue weighted by atomic mass is 10.0. The maximum Gasteiger partial charge on any atom is 0.265 e. The summed E-state index contributed by atoms with van der Waals surface area (Å²) < 4.78 is 0. The van der Waals surface area contributed by atoms with E-state index in [9.17, 15) is 4.79 Å². The molecule has 17 heavy (non-hydrogen) atoms. The molecule has 1 aromatic rings. The number of allylic oxidation sites excluding steroid dienone is 1. The van der Waals surface area contributed by atoms with Crippen molar-refractivity contribution in [3.63, 3.8) is 0 Å². The van der Waals surface area contributed by atoms with Crippen molar-refractivity contribution < 1.29 is 4.79 Å². The first kappa shape index (κ1) is 11.0. The molecule has 0 spiro atoms. The van der Waals surface area contributed by atoms with Gasteiger partial charge >= 0.3 is 0 Å². The first-order valence-electron chi connectivity index (χ1n) is 6.15. The molecule has 3 nitrogen and oxygen atoms in total. The molecule has 1 amide bonds. The van der Waals surface area contributed by atoms with Crippen LogP contribution >= 0.6 is 11.3 Å². The Hall–Kier alpha value is -1.16. The summed E-state index contributed by atoms with van der Waals surface area (Å²) in [5, 5.41) is 0. The van der Waals surface area contributed by atoms with Crippen LogP contribution in [0.25, 0.3) is 0 Å². The van der Waals surface area contributed by atoms with Crippen LogP contribution < -0.4 is 0 Å². The molecule has 4 heteroatoms. The van der Waals surface area contributed by atoms with Crippen molar-refractivity contribution in [2.75, 3.05) is 13.1 Å². The highest BCUT2D eigenvalue weighted by Gasteiger charge is 2.26. The molecule has 3 rings (SSSR count). The van der Waals surface area contributed by atoms with Crippen molar-refractivity contribution >= 4 is 17.2 Å². The average molecular weight is 248 g/mol. The van der Waals surface area contributed by atoms with Gasteiger partial charge in [-0.25, -0.2) is 4.98 Å². The summed E-state index contributed by atoms with van der Waals surface area (Å²) in [6.07, 6.45) is 4.77. The largest absolute Gasteiger partial charge is 0.337 e. The molecule has 2 aliphatic rings. The highest BCUT2D eigenvalue weighted by atomic mass is 32.1. The number of likely N-dealkylation sites (tertiary alicyclic amines) is 1. The Morgan fingerprint density at radius 2 is 1.88 bits per heavy atom. The van der Waals surface area contributed by atoms with Gasteiger partial charge in [-0.2, -0.15) is 0 Å². The van der Waals surface area contributed by atoms with E-state index in [1.807, 2.05) is 11.8 Å². The zero-order valence-corrected chi connectivity index (χ0v) is 10.8. The smallest absolute Gasteiger partial charge is 0.265 e. The monoisotopic (exact) mass is 248 g/mol. The minimum absolute atomic E-state index is 0.171. The number of hydrogen-bond acceptors (Lipinski definition) is 3. The maximum atomic E-state index is 12.3. The molecule has 1 aromatic heterocycles. The van der Waals surface area contributed by atoms with Crippen LogP contribution in [0.2, 0.25) is 0 Å². The minimum atomic E-state index is 0.171. The summed E-state index contributed by atoms with van der Waals surface area (Å²) in [7, 11) is 0. The number of aromatic nitrogens is 1. The third kappa shape index (κ3) is 2.14. The van der Waals surface area contributed by atoms with E-state index in [0.717, 1.165) is 36.5 Å². The Morgan fingerprint density at radius 3 is 2.41 bits per heavy atom. The lowest BCUT2D eigenvalue weighted by Gasteiger charge is -2.28. The zero-order chi connectivity index (χ0) is 11.8. The second kappa shape index (κ2) is 4.26. The fraction of sp³-hybridized carbons (Fsp3) is 0.538. The summed E-state index contributed by atoms with van der Waals surface area (Å²) in [6.45, 7) is 3.68. The van der Waals surface area contributed by atoms with Gasteiger partial charge in [-0.05, 0) is 32.6 Å². The van der Waals surface area contributed by atoms with Gasteiger partial charge in [0.25, 0.3) is 5.91 Å². The number of carbonyl (C=O) groups excluding carboxylic acids is 1. The predicted octanol–water partition coefficient (Wildman–Crippen LogP) is 2.78. The van der Waals surface area contributed by atoms with E-state index in [1.165, 1.54) is 24.2 Å². The Labute approximate surface area is 105 Å². The average Bonchev–Trinajstić information content (AvgIpc) is 3.12. The van der Waals surface area contributed by atoms with Crippen molar-refractivity contribution in [2.24, 2.45) is 0 Å². The molecular weight excluding hydrogens is 232 g/mol. The third-order valence-electron chi connectivity index (χ3n) is 3.59. The summed E-state index contributed by atoms with van der Waals surface area (Å²) in [6, 6.07) is 0. The molecule has 0 aromatic carbocycles. The molecule has 2 fully saturated rings. The number of piperidine rings is 1. The Balaban J connectivity index is 1.69. The van der Waals surface area contributed by atoms with Crippen molar-refractivity contribution in [1.82, 2.24) is 9.88 Å². The minimum Gasteiger partial charge on any atom is -0.337 e. The summed E-state index contributed by atoms with van der Waals surface area (Å²) in [4.78, 5) is 19.2. The predicted molar refractivity (Wildman–Crippen MR) is 68.2 cm³/mol. The topological polar surface area (TPSA) is 33.2 Å². The number of rotatable bonds is 1. The van der Waals surface area contributed by atoms with Gasteiger partial charge in [0.15, 0.2) is 0 Å². The van der Waals surface area contributed by atoms with Gasteiger partial charge in [-0.3, -0.25) is 4.79 Å². The molecule has 1 aliphatic carbocycles. The van der Waals surface area contributed by atoms with E-state index in [1.54, 1.807) is 16.7 Å². The second-order valence-corrected chi connectivity index (χ2v) is 5.62. The fourth-order valence-electron chi connectivity index (χ4n) is 2.40. The first-order valence-corrected chi connectivity index (χ1v) is 7.03. The lowest BCUT2D eigenvalue weighted by molar-refractivity contribution is 0.0747. The standard InChI is InChI=1S/C13H16N2OS/c1-9-12(17-8-14-9)13(16)15-6-4-11(5-7-15)10-2-3-10/h8H,2-7H2,1H3. The van der Waals surface area contributed by atoms with Crippen molar-refractivity contribution in [2.45, 2.75) is 32.6 Å². The maximum absolute atomic E-state index is 12.3. The van der Waals surface area contributed by atoms with E-state index < -0.39 is 0 Å². The van der Waals surface area contributed by atoms with Crippen LogP contribution in [0.15, 0.2) is 16.7 Å². The molecule has 0 unspecified atom stereocenters. The highest BCUT2D eigenvalue weighted by Crippen LogP contribution is 2.36. The highest BCUT2D eigenvalue weighted by molar-refractivity contribution is 7.11. The number of hydrogen-bond donors (Lipinski definition) is 0. The summed E-state index contributed by atoms with van der Waals surface area (Å²) in [5.41, 5.74) is 5.90. The molecule has 1 saturated heterocycles. The molecule has 0 bridgehead atoms. The Morgan fingerprint density at radius 1 is 1.24 bits per heavy atom. The van der Waals surface area contributed by atoms with E-state index in [0.29, 0.717) is 0 Å². The van der Waals surface area contributed by atoms with E-state index in [4.69, 9.17) is 0 Å². The number of carbonyl (C=O) groups is 1. The van der Waals surface area contributed by atoms with Crippen LogP contribution in [-0.2, 0) is 0 Å². The van der Waals surface area contributed by atoms with Crippen LogP contribution in [0.1, 0.15) is 41.0 Å². The van der Waals surface area contributed by atoms with Gasteiger partial charge in [-0.1, -0.05) is 11.1 Å². The fourth-order valence-corrected chi connectivity index (χ4v) is 3.17. The molecular formula is C13H16N2OS. The van der Waals surface area contributed by atoms with Crippen LogP contribution in [0.5, 0.6) is 0 Å². The molecule has 1 saturated carbocycles. The SMILES string of the molecule is Cc1ncsc1C(=O)N1CCC(=C2CC2)CC1. The molecule has 1 aliphatic heterocycles. The number of amides is 1.